The second-order valence-electron chi connectivity index (χ2n) is 6.32. The number of hydrogen-bond donors (Lipinski definition) is 1. The van der Waals surface area contributed by atoms with Gasteiger partial charge in [-0.25, -0.2) is 4.98 Å². The average molecular weight is 235 g/mol. The van der Waals surface area contributed by atoms with Gasteiger partial charge in [0.05, 0.1) is 0 Å². The number of nitrogens with zero attached hydrogens (tertiary/aromatic N) is 2. The SMILES string of the molecule is CCCn1ccnc1NCC1C(C)(C)C1(C)C. The highest BCUT2D eigenvalue weighted by atomic mass is 15.2. The van der Waals surface area contributed by atoms with E-state index >= 15 is 0 Å². The van der Waals surface area contributed by atoms with Gasteiger partial charge in [-0.05, 0) is 23.2 Å². The molecule has 0 aromatic carbocycles. The van der Waals surface area contributed by atoms with E-state index < -0.39 is 0 Å². The van der Waals surface area contributed by atoms with Gasteiger partial charge in [0.2, 0.25) is 5.95 Å². The van der Waals surface area contributed by atoms with Crippen LogP contribution < -0.4 is 5.32 Å². The molecule has 1 aliphatic carbocycles. The summed E-state index contributed by atoms with van der Waals surface area (Å²) >= 11 is 0. The Morgan fingerprint density at radius 3 is 2.47 bits per heavy atom. The second kappa shape index (κ2) is 4.04. The van der Waals surface area contributed by atoms with Crippen molar-refractivity contribution in [3.8, 4) is 0 Å². The molecule has 1 saturated carbocycles. The van der Waals surface area contributed by atoms with Gasteiger partial charge in [0.1, 0.15) is 0 Å². The summed E-state index contributed by atoms with van der Waals surface area (Å²) in [5.41, 5.74) is 0.893. The van der Waals surface area contributed by atoms with Crippen molar-refractivity contribution in [3.05, 3.63) is 12.4 Å². The second-order valence-corrected chi connectivity index (χ2v) is 6.32. The van der Waals surface area contributed by atoms with Crippen molar-refractivity contribution in [1.29, 1.82) is 0 Å². The van der Waals surface area contributed by atoms with E-state index in [9.17, 15) is 0 Å². The molecule has 1 N–H and O–H groups in total. The first-order valence-electron chi connectivity index (χ1n) is 6.66. The largest absolute Gasteiger partial charge is 0.355 e. The summed E-state index contributed by atoms with van der Waals surface area (Å²) in [6.45, 7) is 13.7. The number of aromatic nitrogens is 2. The normalized spacial score (nSPS) is 21.5. The Balaban J connectivity index is 1.93. The van der Waals surface area contributed by atoms with E-state index in [2.05, 4.69) is 55.7 Å². The van der Waals surface area contributed by atoms with E-state index in [0.29, 0.717) is 10.8 Å². The minimum absolute atomic E-state index is 0.447. The number of rotatable bonds is 5. The third-order valence-corrected chi connectivity index (χ3v) is 4.96. The van der Waals surface area contributed by atoms with Crippen LogP contribution in [0, 0.1) is 16.7 Å². The van der Waals surface area contributed by atoms with Gasteiger partial charge in [-0.2, -0.15) is 0 Å². The van der Waals surface area contributed by atoms with Crippen LogP contribution in [0.4, 0.5) is 5.95 Å². The molecule has 0 aliphatic heterocycles. The Kier molecular flexibility index (Phi) is 2.96. The van der Waals surface area contributed by atoms with Crippen molar-refractivity contribution in [2.24, 2.45) is 16.7 Å². The number of imidazole rings is 1. The molecule has 0 amide bonds. The maximum Gasteiger partial charge on any atom is 0.202 e. The maximum atomic E-state index is 4.38. The summed E-state index contributed by atoms with van der Waals surface area (Å²) in [6.07, 6.45) is 5.07. The van der Waals surface area contributed by atoms with Crippen molar-refractivity contribution >= 4 is 5.95 Å². The first kappa shape index (κ1) is 12.5. The molecule has 2 rings (SSSR count). The monoisotopic (exact) mass is 235 g/mol. The van der Waals surface area contributed by atoms with Crippen LogP contribution in [-0.2, 0) is 6.54 Å². The zero-order chi connectivity index (χ0) is 12.7. The van der Waals surface area contributed by atoms with Gasteiger partial charge < -0.3 is 9.88 Å². The van der Waals surface area contributed by atoms with Gasteiger partial charge in [-0.3, -0.25) is 0 Å². The van der Waals surface area contributed by atoms with Gasteiger partial charge in [-0.15, -0.1) is 0 Å². The molecule has 0 radical (unpaired) electrons. The van der Waals surface area contributed by atoms with Gasteiger partial charge in [-0.1, -0.05) is 34.6 Å². The fourth-order valence-corrected chi connectivity index (χ4v) is 2.93. The summed E-state index contributed by atoms with van der Waals surface area (Å²) in [4.78, 5) is 4.38. The highest BCUT2D eigenvalue weighted by Crippen LogP contribution is 2.68. The highest BCUT2D eigenvalue weighted by Gasteiger charge is 2.64. The lowest BCUT2D eigenvalue weighted by Crippen LogP contribution is -2.12. The van der Waals surface area contributed by atoms with Crippen LogP contribution in [0.3, 0.4) is 0 Å². The van der Waals surface area contributed by atoms with Crippen LogP contribution in [0.25, 0.3) is 0 Å². The van der Waals surface area contributed by atoms with Crippen molar-refractivity contribution in [3.63, 3.8) is 0 Å². The molecule has 1 aromatic heterocycles. The molecule has 1 fully saturated rings. The fourth-order valence-electron chi connectivity index (χ4n) is 2.93. The molecule has 1 aliphatic rings. The highest BCUT2D eigenvalue weighted by molar-refractivity contribution is 5.28. The molecule has 0 atom stereocenters. The van der Waals surface area contributed by atoms with E-state index in [4.69, 9.17) is 0 Å². The van der Waals surface area contributed by atoms with Crippen LogP contribution in [-0.4, -0.2) is 16.1 Å². The average Bonchev–Trinajstić information content (AvgIpc) is 2.59. The Hall–Kier alpha value is -0.990. The number of hydrogen-bond acceptors (Lipinski definition) is 2. The van der Waals surface area contributed by atoms with E-state index in [-0.39, 0.29) is 0 Å². The van der Waals surface area contributed by atoms with Crippen molar-refractivity contribution < 1.29 is 0 Å². The van der Waals surface area contributed by atoms with Crippen LogP contribution in [0.2, 0.25) is 0 Å². The van der Waals surface area contributed by atoms with E-state index in [1.165, 1.54) is 0 Å². The lowest BCUT2D eigenvalue weighted by atomic mass is 10.0. The summed E-state index contributed by atoms with van der Waals surface area (Å²) < 4.78 is 2.20. The molecule has 0 saturated heterocycles. The Labute approximate surface area is 105 Å². The molecule has 0 spiro atoms. The quantitative estimate of drug-likeness (QED) is 0.848. The van der Waals surface area contributed by atoms with Gasteiger partial charge in [0.25, 0.3) is 0 Å². The van der Waals surface area contributed by atoms with Crippen LogP contribution in [0.1, 0.15) is 41.0 Å². The van der Waals surface area contributed by atoms with Crippen LogP contribution >= 0.6 is 0 Å². The minimum atomic E-state index is 0.447. The molecule has 0 bridgehead atoms. The summed E-state index contributed by atoms with van der Waals surface area (Å²) in [5, 5.41) is 3.50. The van der Waals surface area contributed by atoms with Gasteiger partial charge in [0.15, 0.2) is 0 Å². The van der Waals surface area contributed by atoms with E-state index in [1.807, 2.05) is 6.20 Å². The van der Waals surface area contributed by atoms with Crippen LogP contribution in [0.15, 0.2) is 12.4 Å². The zero-order valence-electron chi connectivity index (χ0n) is 11.7. The third-order valence-electron chi connectivity index (χ3n) is 4.96. The molecule has 1 aromatic rings. The Morgan fingerprint density at radius 2 is 1.94 bits per heavy atom. The molecule has 1 heterocycles. The molecule has 3 heteroatoms. The van der Waals surface area contributed by atoms with E-state index in [0.717, 1.165) is 31.4 Å². The molecular weight excluding hydrogens is 210 g/mol. The first-order chi connectivity index (χ1) is 7.91. The smallest absolute Gasteiger partial charge is 0.202 e. The summed E-state index contributed by atoms with van der Waals surface area (Å²) in [7, 11) is 0. The number of nitrogens with one attached hydrogen (secondary N) is 1. The molecule has 17 heavy (non-hydrogen) atoms. The summed E-state index contributed by atoms with van der Waals surface area (Å²) in [5.74, 6) is 1.76. The predicted octanol–water partition coefficient (Wildman–Crippen LogP) is 3.39. The zero-order valence-corrected chi connectivity index (χ0v) is 11.7. The van der Waals surface area contributed by atoms with Crippen molar-refractivity contribution in [2.75, 3.05) is 11.9 Å². The third kappa shape index (κ3) is 1.96. The first-order valence-corrected chi connectivity index (χ1v) is 6.66. The number of anilines is 1. The minimum Gasteiger partial charge on any atom is -0.355 e. The molecule has 3 nitrogen and oxygen atoms in total. The van der Waals surface area contributed by atoms with Gasteiger partial charge in [0, 0.05) is 25.5 Å². The Bertz CT molecular complexity index is 376. The lowest BCUT2D eigenvalue weighted by Gasteiger charge is -2.09. The molecule has 0 unspecified atom stereocenters. The predicted molar refractivity (Wildman–Crippen MR) is 72.1 cm³/mol. The summed E-state index contributed by atoms with van der Waals surface area (Å²) in [6, 6.07) is 0. The van der Waals surface area contributed by atoms with Crippen LogP contribution in [0.5, 0.6) is 0 Å². The lowest BCUT2D eigenvalue weighted by molar-refractivity contribution is 0.457. The maximum absolute atomic E-state index is 4.38. The Morgan fingerprint density at radius 1 is 1.29 bits per heavy atom. The number of aryl methyl sites for hydroxylation is 1. The van der Waals surface area contributed by atoms with Crippen molar-refractivity contribution in [1.82, 2.24) is 9.55 Å². The molecule has 96 valence electrons. The van der Waals surface area contributed by atoms with E-state index in [1.54, 1.807) is 0 Å². The standard InChI is InChI=1S/C14H25N3/c1-6-8-17-9-7-15-12(17)16-10-11-13(2,3)14(11,4)5/h7,9,11H,6,8,10H2,1-5H3,(H,15,16). The van der Waals surface area contributed by atoms with Gasteiger partial charge >= 0.3 is 0 Å². The topological polar surface area (TPSA) is 29.9 Å². The fraction of sp³-hybridized carbons (Fsp3) is 0.786. The van der Waals surface area contributed by atoms with Crippen molar-refractivity contribution in [2.45, 2.75) is 47.6 Å². The molecular formula is C14H25N3.